The summed E-state index contributed by atoms with van der Waals surface area (Å²) in [6.45, 7) is 6.35. The quantitative estimate of drug-likeness (QED) is 0.669. The molecule has 1 aliphatic rings. The molecule has 2 unspecified atom stereocenters. The van der Waals surface area contributed by atoms with E-state index in [0.717, 1.165) is 26.0 Å². The molecule has 0 amide bonds. The molecule has 2 nitrogen and oxygen atoms in total. The summed E-state index contributed by atoms with van der Waals surface area (Å²) in [5.41, 5.74) is 2.94. The highest BCUT2D eigenvalue weighted by Gasteiger charge is 2.29. The molecule has 2 heteroatoms. The largest absolute Gasteiger partial charge is 0.376 e. The first kappa shape index (κ1) is 16.5. The van der Waals surface area contributed by atoms with Crippen molar-refractivity contribution in [2.24, 2.45) is 0 Å². The van der Waals surface area contributed by atoms with Crippen LogP contribution in [0.15, 0.2) is 24.3 Å². The summed E-state index contributed by atoms with van der Waals surface area (Å²) in [6.07, 6.45) is 9.16. The van der Waals surface area contributed by atoms with Gasteiger partial charge < -0.3 is 10.1 Å². The lowest BCUT2D eigenvalue weighted by molar-refractivity contribution is 0.0140. The van der Waals surface area contributed by atoms with Crippen LogP contribution in [0.3, 0.4) is 0 Å². The first-order chi connectivity index (χ1) is 10.4. The van der Waals surface area contributed by atoms with Gasteiger partial charge >= 0.3 is 0 Å². The van der Waals surface area contributed by atoms with Crippen LogP contribution in [0.25, 0.3) is 0 Å². The Morgan fingerprint density at radius 2 is 1.90 bits per heavy atom. The third kappa shape index (κ3) is 4.82. The van der Waals surface area contributed by atoms with Crippen LogP contribution in [0.2, 0.25) is 0 Å². The van der Waals surface area contributed by atoms with Gasteiger partial charge in [-0.1, -0.05) is 63.8 Å². The molecule has 21 heavy (non-hydrogen) atoms. The predicted octanol–water partition coefficient (Wildman–Crippen LogP) is 4.64. The standard InChI is InChI=1S/C19H31NO/c1-3-5-6-7-10-15-21-18-14-13-16-11-8-9-12-17(16)19(18)20-4-2/h8-9,11-12,18-20H,3-7,10,13-15H2,1-2H3. The Bertz CT molecular complexity index is 404. The van der Waals surface area contributed by atoms with Crippen molar-refractivity contribution < 1.29 is 4.74 Å². The van der Waals surface area contributed by atoms with E-state index in [-0.39, 0.29) is 0 Å². The summed E-state index contributed by atoms with van der Waals surface area (Å²) in [6, 6.07) is 9.20. The van der Waals surface area contributed by atoms with E-state index in [1.54, 1.807) is 0 Å². The number of hydrogen-bond donors (Lipinski definition) is 1. The van der Waals surface area contributed by atoms with Crippen molar-refractivity contribution in [3.63, 3.8) is 0 Å². The fourth-order valence-electron chi connectivity index (χ4n) is 3.31. The monoisotopic (exact) mass is 289 g/mol. The van der Waals surface area contributed by atoms with Crippen LogP contribution in [0.5, 0.6) is 0 Å². The first-order valence-corrected chi connectivity index (χ1v) is 8.79. The van der Waals surface area contributed by atoms with E-state index in [9.17, 15) is 0 Å². The minimum atomic E-state index is 0.339. The summed E-state index contributed by atoms with van der Waals surface area (Å²) in [5.74, 6) is 0. The van der Waals surface area contributed by atoms with Crippen LogP contribution in [-0.2, 0) is 11.2 Å². The number of hydrogen-bond acceptors (Lipinski definition) is 2. The normalized spacial score (nSPS) is 21.2. The summed E-state index contributed by atoms with van der Waals surface area (Å²) >= 11 is 0. The summed E-state index contributed by atoms with van der Waals surface area (Å²) in [5, 5.41) is 3.63. The number of aryl methyl sites for hydroxylation is 1. The number of fused-ring (bicyclic) bond motifs is 1. The zero-order valence-corrected chi connectivity index (χ0v) is 13.7. The van der Waals surface area contributed by atoms with Crippen LogP contribution in [0, 0.1) is 0 Å². The fraction of sp³-hybridized carbons (Fsp3) is 0.684. The average Bonchev–Trinajstić information content (AvgIpc) is 2.52. The van der Waals surface area contributed by atoms with Gasteiger partial charge in [-0.2, -0.15) is 0 Å². The molecule has 1 aliphatic carbocycles. The molecule has 0 saturated carbocycles. The molecule has 2 atom stereocenters. The number of ether oxygens (including phenoxy) is 1. The molecule has 1 aromatic carbocycles. The second-order valence-corrected chi connectivity index (χ2v) is 6.10. The Kier molecular flexibility index (Phi) is 7.25. The number of nitrogens with one attached hydrogen (secondary N) is 1. The molecule has 0 bridgehead atoms. The molecular weight excluding hydrogens is 258 g/mol. The van der Waals surface area contributed by atoms with Gasteiger partial charge in [0.1, 0.15) is 0 Å². The highest BCUT2D eigenvalue weighted by molar-refractivity contribution is 5.33. The second kappa shape index (κ2) is 9.22. The number of likely N-dealkylation sites (N-methyl/N-ethyl adjacent to an activating group) is 1. The van der Waals surface area contributed by atoms with E-state index in [0.29, 0.717) is 12.1 Å². The van der Waals surface area contributed by atoms with Gasteiger partial charge in [-0.3, -0.25) is 0 Å². The third-order valence-corrected chi connectivity index (χ3v) is 4.46. The van der Waals surface area contributed by atoms with Gasteiger partial charge in [-0.25, -0.2) is 0 Å². The maximum atomic E-state index is 6.22. The Morgan fingerprint density at radius 1 is 1.10 bits per heavy atom. The van der Waals surface area contributed by atoms with Gasteiger partial charge in [0, 0.05) is 6.61 Å². The van der Waals surface area contributed by atoms with E-state index in [4.69, 9.17) is 4.74 Å². The minimum absolute atomic E-state index is 0.339. The molecule has 1 aromatic rings. The van der Waals surface area contributed by atoms with Crippen LogP contribution < -0.4 is 5.32 Å². The molecule has 0 radical (unpaired) electrons. The maximum Gasteiger partial charge on any atom is 0.0773 e. The van der Waals surface area contributed by atoms with Gasteiger partial charge in [-0.15, -0.1) is 0 Å². The third-order valence-electron chi connectivity index (χ3n) is 4.46. The highest BCUT2D eigenvalue weighted by atomic mass is 16.5. The van der Waals surface area contributed by atoms with Crippen LogP contribution in [0.4, 0.5) is 0 Å². The van der Waals surface area contributed by atoms with E-state index < -0.39 is 0 Å². The molecule has 0 aromatic heterocycles. The van der Waals surface area contributed by atoms with Crippen molar-refractivity contribution in [2.75, 3.05) is 13.2 Å². The number of unbranched alkanes of at least 4 members (excludes halogenated alkanes) is 4. The van der Waals surface area contributed by atoms with Gasteiger partial charge in [0.15, 0.2) is 0 Å². The van der Waals surface area contributed by atoms with Crippen molar-refractivity contribution >= 4 is 0 Å². The molecule has 0 spiro atoms. The fourth-order valence-corrected chi connectivity index (χ4v) is 3.31. The van der Waals surface area contributed by atoms with Crippen molar-refractivity contribution in [1.82, 2.24) is 5.32 Å². The van der Waals surface area contributed by atoms with Crippen molar-refractivity contribution in [3.05, 3.63) is 35.4 Å². The lowest BCUT2D eigenvalue weighted by Crippen LogP contribution is -2.37. The smallest absolute Gasteiger partial charge is 0.0773 e. The Balaban J connectivity index is 1.85. The summed E-state index contributed by atoms with van der Waals surface area (Å²) in [4.78, 5) is 0. The van der Waals surface area contributed by atoms with E-state index in [2.05, 4.69) is 43.4 Å². The zero-order chi connectivity index (χ0) is 14.9. The minimum Gasteiger partial charge on any atom is -0.376 e. The van der Waals surface area contributed by atoms with Crippen molar-refractivity contribution in [2.45, 2.75) is 70.9 Å². The molecule has 1 N–H and O–H groups in total. The first-order valence-electron chi connectivity index (χ1n) is 8.79. The van der Waals surface area contributed by atoms with Crippen LogP contribution in [0.1, 0.15) is 69.5 Å². The van der Waals surface area contributed by atoms with Crippen molar-refractivity contribution in [1.29, 1.82) is 0 Å². The SMILES string of the molecule is CCCCCCCOC1CCc2ccccc2C1NCC. The molecule has 0 saturated heterocycles. The van der Waals surface area contributed by atoms with Gasteiger partial charge in [0.2, 0.25) is 0 Å². The summed E-state index contributed by atoms with van der Waals surface area (Å²) < 4.78 is 6.22. The Hall–Kier alpha value is -0.860. The molecule has 0 fully saturated rings. The highest BCUT2D eigenvalue weighted by Crippen LogP contribution is 2.31. The van der Waals surface area contributed by atoms with Gasteiger partial charge in [-0.05, 0) is 36.9 Å². The lowest BCUT2D eigenvalue weighted by Gasteiger charge is -2.34. The molecule has 2 rings (SSSR count). The maximum absolute atomic E-state index is 6.22. The van der Waals surface area contributed by atoms with Crippen molar-refractivity contribution in [3.8, 4) is 0 Å². The lowest BCUT2D eigenvalue weighted by atomic mass is 9.85. The summed E-state index contributed by atoms with van der Waals surface area (Å²) in [7, 11) is 0. The van der Waals surface area contributed by atoms with Crippen LogP contribution in [-0.4, -0.2) is 19.3 Å². The number of rotatable bonds is 9. The van der Waals surface area contributed by atoms with E-state index >= 15 is 0 Å². The van der Waals surface area contributed by atoms with E-state index in [1.807, 2.05) is 0 Å². The number of benzene rings is 1. The zero-order valence-electron chi connectivity index (χ0n) is 13.7. The molecule has 118 valence electrons. The van der Waals surface area contributed by atoms with E-state index in [1.165, 1.54) is 43.2 Å². The average molecular weight is 289 g/mol. The second-order valence-electron chi connectivity index (χ2n) is 6.10. The molecule has 0 heterocycles. The van der Waals surface area contributed by atoms with Gasteiger partial charge in [0.25, 0.3) is 0 Å². The molecule has 0 aliphatic heterocycles. The Morgan fingerprint density at radius 3 is 2.71 bits per heavy atom. The van der Waals surface area contributed by atoms with Crippen LogP contribution >= 0.6 is 0 Å². The Labute approximate surface area is 130 Å². The topological polar surface area (TPSA) is 21.3 Å². The molecular formula is C19H31NO. The van der Waals surface area contributed by atoms with Gasteiger partial charge in [0.05, 0.1) is 12.1 Å². The predicted molar refractivity (Wildman–Crippen MR) is 89.7 cm³/mol.